The van der Waals surface area contributed by atoms with Crippen LogP contribution in [0.15, 0.2) is 0 Å². The maximum absolute atomic E-state index is 11.0. The summed E-state index contributed by atoms with van der Waals surface area (Å²) in [6.07, 6.45) is 3.24. The minimum absolute atomic E-state index is 0.0647. The van der Waals surface area contributed by atoms with Crippen molar-refractivity contribution in [3.05, 3.63) is 0 Å². The van der Waals surface area contributed by atoms with Crippen molar-refractivity contribution < 1.29 is 9.90 Å². The van der Waals surface area contributed by atoms with Crippen molar-refractivity contribution in [2.75, 3.05) is 6.61 Å². The normalized spacial score (nSPS) is 31.6. The Bertz CT molecular complexity index is 152. The second kappa shape index (κ2) is 3.22. The van der Waals surface area contributed by atoms with Crippen LogP contribution < -0.4 is 5.32 Å². The Hall–Kier alpha value is -0.570. The van der Waals surface area contributed by atoms with Crippen LogP contribution in [0.2, 0.25) is 0 Å². The third kappa shape index (κ3) is 1.71. The number of piperidine rings is 1. The number of aliphatic hydroxyl groups is 1. The lowest BCUT2D eigenvalue weighted by Gasteiger charge is -2.35. The van der Waals surface area contributed by atoms with E-state index in [-0.39, 0.29) is 18.1 Å². The zero-order valence-corrected chi connectivity index (χ0v) is 6.89. The van der Waals surface area contributed by atoms with Crippen molar-refractivity contribution in [2.45, 2.75) is 38.1 Å². The molecule has 0 aromatic heterocycles. The van der Waals surface area contributed by atoms with Gasteiger partial charge in [-0.3, -0.25) is 4.79 Å². The zero-order chi connectivity index (χ0) is 8.32. The molecule has 0 aromatic carbocycles. The van der Waals surface area contributed by atoms with E-state index in [4.69, 9.17) is 5.11 Å². The van der Waals surface area contributed by atoms with E-state index < -0.39 is 0 Å². The van der Waals surface area contributed by atoms with Gasteiger partial charge >= 0.3 is 0 Å². The number of aliphatic hydroxyl groups excluding tert-OH is 1. The Balaban J connectivity index is 2.59. The van der Waals surface area contributed by atoms with Gasteiger partial charge in [0.2, 0.25) is 5.91 Å². The molecular formula is C8H15NO2. The van der Waals surface area contributed by atoms with Gasteiger partial charge < -0.3 is 10.4 Å². The predicted molar refractivity (Wildman–Crippen MR) is 42.1 cm³/mol. The third-order valence-corrected chi connectivity index (χ3v) is 2.44. The molecule has 0 aromatic rings. The van der Waals surface area contributed by atoms with E-state index in [1.165, 1.54) is 0 Å². The van der Waals surface area contributed by atoms with Crippen LogP contribution in [-0.4, -0.2) is 23.2 Å². The van der Waals surface area contributed by atoms with Gasteiger partial charge in [-0.1, -0.05) is 6.92 Å². The molecule has 11 heavy (non-hydrogen) atoms. The van der Waals surface area contributed by atoms with E-state index >= 15 is 0 Å². The van der Waals surface area contributed by atoms with Crippen LogP contribution in [0, 0.1) is 0 Å². The van der Waals surface area contributed by atoms with Crippen molar-refractivity contribution in [1.82, 2.24) is 5.32 Å². The maximum Gasteiger partial charge on any atom is 0.220 e. The lowest BCUT2D eigenvalue weighted by atomic mass is 9.87. The van der Waals surface area contributed by atoms with E-state index in [0.29, 0.717) is 6.42 Å². The summed E-state index contributed by atoms with van der Waals surface area (Å²) >= 11 is 0. The molecule has 0 bridgehead atoms. The molecule has 1 amide bonds. The average molecular weight is 157 g/mol. The first-order chi connectivity index (χ1) is 5.22. The van der Waals surface area contributed by atoms with Gasteiger partial charge in [-0.05, 0) is 19.3 Å². The Labute approximate surface area is 66.8 Å². The summed E-state index contributed by atoms with van der Waals surface area (Å²) in [5.74, 6) is 0.0761. The molecule has 1 heterocycles. The Kier molecular flexibility index (Phi) is 2.49. The first-order valence-electron chi connectivity index (χ1n) is 4.14. The topological polar surface area (TPSA) is 49.3 Å². The lowest BCUT2D eigenvalue weighted by molar-refractivity contribution is -0.126. The summed E-state index contributed by atoms with van der Waals surface area (Å²) in [4.78, 5) is 11.0. The summed E-state index contributed by atoms with van der Waals surface area (Å²) in [6.45, 7) is 2.05. The number of rotatable bonds is 2. The molecule has 3 nitrogen and oxygen atoms in total. The largest absolute Gasteiger partial charge is 0.394 e. The van der Waals surface area contributed by atoms with E-state index in [1.54, 1.807) is 0 Å². The van der Waals surface area contributed by atoms with E-state index in [2.05, 4.69) is 5.32 Å². The Morgan fingerprint density at radius 3 is 2.82 bits per heavy atom. The summed E-state index contributed by atoms with van der Waals surface area (Å²) < 4.78 is 0. The van der Waals surface area contributed by atoms with Crippen LogP contribution in [0.3, 0.4) is 0 Å². The zero-order valence-electron chi connectivity index (χ0n) is 6.89. The van der Waals surface area contributed by atoms with Gasteiger partial charge in [0.1, 0.15) is 0 Å². The summed E-state index contributed by atoms with van der Waals surface area (Å²) in [5, 5.41) is 11.9. The number of carbonyl (C=O) groups excluding carboxylic acids is 1. The number of nitrogens with one attached hydrogen (secondary N) is 1. The summed E-state index contributed by atoms with van der Waals surface area (Å²) in [5.41, 5.74) is -0.310. The van der Waals surface area contributed by atoms with Crippen molar-refractivity contribution in [3.8, 4) is 0 Å². The van der Waals surface area contributed by atoms with Gasteiger partial charge in [0.05, 0.1) is 12.1 Å². The predicted octanol–water partition coefficient (Wildman–Crippen LogP) is 0.428. The SMILES string of the molecule is CCC1(CO)CCCC(=O)N1. The second-order valence-corrected chi connectivity index (χ2v) is 3.19. The number of hydrogen-bond acceptors (Lipinski definition) is 2. The van der Waals surface area contributed by atoms with Crippen LogP contribution in [0.1, 0.15) is 32.6 Å². The number of carbonyl (C=O) groups is 1. The van der Waals surface area contributed by atoms with Crippen molar-refractivity contribution in [3.63, 3.8) is 0 Å². The highest BCUT2D eigenvalue weighted by molar-refractivity contribution is 5.77. The van der Waals surface area contributed by atoms with Crippen LogP contribution in [0.25, 0.3) is 0 Å². The minimum Gasteiger partial charge on any atom is -0.394 e. The smallest absolute Gasteiger partial charge is 0.220 e. The lowest BCUT2D eigenvalue weighted by Crippen LogP contribution is -2.53. The second-order valence-electron chi connectivity index (χ2n) is 3.19. The highest BCUT2D eigenvalue weighted by Gasteiger charge is 2.32. The molecule has 1 aliphatic heterocycles. The van der Waals surface area contributed by atoms with Crippen molar-refractivity contribution in [2.24, 2.45) is 0 Å². The van der Waals surface area contributed by atoms with E-state index in [1.807, 2.05) is 6.92 Å². The molecule has 0 radical (unpaired) electrons. The fourth-order valence-electron chi connectivity index (χ4n) is 1.50. The first-order valence-corrected chi connectivity index (χ1v) is 4.14. The van der Waals surface area contributed by atoms with Gasteiger partial charge in [0, 0.05) is 6.42 Å². The van der Waals surface area contributed by atoms with Gasteiger partial charge in [-0.25, -0.2) is 0 Å². The van der Waals surface area contributed by atoms with Gasteiger partial charge in [0.15, 0.2) is 0 Å². The summed E-state index contributed by atoms with van der Waals surface area (Å²) in [7, 11) is 0. The van der Waals surface area contributed by atoms with E-state index in [9.17, 15) is 4.79 Å². The highest BCUT2D eigenvalue weighted by atomic mass is 16.3. The molecule has 0 aliphatic carbocycles. The maximum atomic E-state index is 11.0. The molecule has 1 rings (SSSR count). The van der Waals surface area contributed by atoms with E-state index in [0.717, 1.165) is 19.3 Å². The standard InChI is InChI=1S/C8H15NO2/c1-2-8(6-10)5-3-4-7(11)9-8/h10H,2-6H2,1H3,(H,9,11). The first kappa shape index (κ1) is 8.53. The van der Waals surface area contributed by atoms with Crippen molar-refractivity contribution in [1.29, 1.82) is 0 Å². The molecule has 64 valence electrons. The van der Waals surface area contributed by atoms with Crippen molar-refractivity contribution >= 4 is 5.91 Å². The fraction of sp³-hybridized carbons (Fsp3) is 0.875. The number of amides is 1. The Morgan fingerprint density at radius 1 is 1.73 bits per heavy atom. The highest BCUT2D eigenvalue weighted by Crippen LogP contribution is 2.22. The molecule has 0 spiro atoms. The molecule has 3 heteroatoms. The van der Waals surface area contributed by atoms with Crippen LogP contribution in [-0.2, 0) is 4.79 Å². The van der Waals surface area contributed by atoms with Gasteiger partial charge in [0.25, 0.3) is 0 Å². The molecule has 1 fully saturated rings. The fourth-order valence-corrected chi connectivity index (χ4v) is 1.50. The third-order valence-electron chi connectivity index (χ3n) is 2.44. The molecule has 1 atom stereocenters. The average Bonchev–Trinajstić information content (AvgIpc) is 2.04. The van der Waals surface area contributed by atoms with Gasteiger partial charge in [-0.2, -0.15) is 0 Å². The quantitative estimate of drug-likeness (QED) is 0.610. The molecule has 1 saturated heterocycles. The summed E-state index contributed by atoms with van der Waals surface area (Å²) in [6, 6.07) is 0. The molecule has 1 aliphatic rings. The molecule has 2 N–H and O–H groups in total. The molecular weight excluding hydrogens is 142 g/mol. The van der Waals surface area contributed by atoms with Crippen LogP contribution in [0.4, 0.5) is 0 Å². The number of hydrogen-bond donors (Lipinski definition) is 2. The Morgan fingerprint density at radius 2 is 2.45 bits per heavy atom. The van der Waals surface area contributed by atoms with Crippen LogP contribution in [0.5, 0.6) is 0 Å². The minimum atomic E-state index is -0.310. The molecule has 1 unspecified atom stereocenters. The van der Waals surface area contributed by atoms with Gasteiger partial charge in [-0.15, -0.1) is 0 Å². The monoisotopic (exact) mass is 157 g/mol. The molecule has 0 saturated carbocycles. The van der Waals surface area contributed by atoms with Crippen LogP contribution >= 0.6 is 0 Å².